The Morgan fingerprint density at radius 2 is 1.85 bits per heavy atom. The van der Waals surface area contributed by atoms with Crippen LogP contribution in [0.2, 0.25) is 0 Å². The minimum Gasteiger partial charge on any atom is -0.325 e. The lowest BCUT2D eigenvalue weighted by Gasteiger charge is -1.95. The number of amidine groups is 2. The van der Waals surface area contributed by atoms with Gasteiger partial charge in [-0.3, -0.25) is 10.8 Å². The Bertz CT molecular complexity index is 453. The summed E-state index contributed by atoms with van der Waals surface area (Å²) >= 11 is 0. The molecule has 0 saturated heterocycles. The monoisotopic (exact) mass is 170 g/mol. The molecule has 1 heterocycles. The number of nitrogens with one attached hydrogen (secondary N) is 3. The molecule has 0 bridgehead atoms. The summed E-state index contributed by atoms with van der Waals surface area (Å²) in [4.78, 5) is 0. The lowest BCUT2D eigenvalue weighted by Crippen LogP contribution is -2.20. The second kappa shape index (κ2) is 2.42. The van der Waals surface area contributed by atoms with Crippen molar-refractivity contribution in [3.63, 3.8) is 0 Å². The number of benzene rings is 1. The summed E-state index contributed by atoms with van der Waals surface area (Å²) in [5.74, 6) is 0.418. The van der Waals surface area contributed by atoms with Crippen LogP contribution in [0.3, 0.4) is 0 Å². The Kier molecular flexibility index (Phi) is 1.40. The largest absolute Gasteiger partial charge is 0.325 e. The van der Waals surface area contributed by atoms with Crippen LogP contribution in [0.4, 0.5) is 0 Å². The first-order chi connectivity index (χ1) is 6.22. The second-order valence-corrected chi connectivity index (χ2v) is 2.75. The molecular weight excluding hydrogens is 164 g/mol. The molecule has 0 atom stereocenters. The van der Waals surface area contributed by atoms with E-state index in [0.717, 1.165) is 0 Å². The van der Waals surface area contributed by atoms with Gasteiger partial charge in [-0.2, -0.15) is 5.26 Å². The minimum absolute atomic E-state index is 0.192. The molecule has 62 valence electrons. The van der Waals surface area contributed by atoms with E-state index < -0.39 is 0 Å². The molecule has 1 aliphatic rings. The predicted molar refractivity (Wildman–Crippen MR) is 48.0 cm³/mol. The molecule has 13 heavy (non-hydrogen) atoms. The predicted octanol–water partition coefficient (Wildman–Crippen LogP) is 0.812. The maximum Gasteiger partial charge on any atom is 0.131 e. The van der Waals surface area contributed by atoms with Gasteiger partial charge in [0.05, 0.1) is 11.6 Å². The van der Waals surface area contributed by atoms with E-state index in [1.54, 1.807) is 18.2 Å². The van der Waals surface area contributed by atoms with Crippen LogP contribution in [0.1, 0.15) is 16.7 Å². The van der Waals surface area contributed by atoms with Gasteiger partial charge in [0.15, 0.2) is 0 Å². The number of nitriles is 1. The van der Waals surface area contributed by atoms with Gasteiger partial charge in [-0.15, -0.1) is 0 Å². The molecule has 0 saturated carbocycles. The molecular formula is C9H6N4. The highest BCUT2D eigenvalue weighted by Gasteiger charge is 2.20. The molecule has 0 spiro atoms. The van der Waals surface area contributed by atoms with Gasteiger partial charge in [0, 0.05) is 11.1 Å². The van der Waals surface area contributed by atoms with Crippen molar-refractivity contribution in [2.75, 3.05) is 0 Å². The fourth-order valence-electron chi connectivity index (χ4n) is 1.30. The van der Waals surface area contributed by atoms with Crippen LogP contribution < -0.4 is 5.32 Å². The topological polar surface area (TPSA) is 83.5 Å². The van der Waals surface area contributed by atoms with Crippen molar-refractivity contribution in [2.24, 2.45) is 0 Å². The molecule has 0 radical (unpaired) electrons. The van der Waals surface area contributed by atoms with Crippen LogP contribution in [0.25, 0.3) is 0 Å². The summed E-state index contributed by atoms with van der Waals surface area (Å²) in [6, 6.07) is 6.95. The number of fused-ring (bicyclic) bond motifs is 1. The zero-order valence-electron chi connectivity index (χ0n) is 6.68. The van der Waals surface area contributed by atoms with Gasteiger partial charge in [0.25, 0.3) is 0 Å². The molecule has 3 N–H and O–H groups in total. The van der Waals surface area contributed by atoms with E-state index in [1.165, 1.54) is 0 Å². The van der Waals surface area contributed by atoms with Gasteiger partial charge < -0.3 is 5.32 Å². The fraction of sp³-hybridized carbons (Fsp3) is 0. The lowest BCUT2D eigenvalue weighted by molar-refractivity contribution is 1.29. The third-order valence-corrected chi connectivity index (χ3v) is 1.94. The van der Waals surface area contributed by atoms with Crippen LogP contribution in [0.15, 0.2) is 18.2 Å². The minimum atomic E-state index is 0.192. The Morgan fingerprint density at radius 3 is 2.54 bits per heavy atom. The summed E-state index contributed by atoms with van der Waals surface area (Å²) in [5, 5.41) is 26.1. The smallest absolute Gasteiger partial charge is 0.131 e. The molecule has 1 aromatic carbocycles. The normalized spacial score (nSPS) is 13.5. The summed E-state index contributed by atoms with van der Waals surface area (Å²) in [6.07, 6.45) is 0. The maximum atomic E-state index is 8.63. The highest BCUT2D eigenvalue weighted by atomic mass is 15.0. The maximum absolute atomic E-state index is 8.63. The van der Waals surface area contributed by atoms with E-state index in [2.05, 4.69) is 5.32 Å². The third-order valence-electron chi connectivity index (χ3n) is 1.94. The molecule has 4 heteroatoms. The fourth-order valence-corrected chi connectivity index (χ4v) is 1.30. The average molecular weight is 170 g/mol. The SMILES string of the molecule is N#Cc1ccc2c(c1)C(=N)NC2=N. The standard InChI is InChI=1S/C9H6N4/c10-4-5-1-2-6-7(3-5)9(12)13-8(6)11/h1-3H,(H3,11,12,13). The van der Waals surface area contributed by atoms with Gasteiger partial charge in [-0.25, -0.2) is 0 Å². The zero-order chi connectivity index (χ0) is 9.42. The first kappa shape index (κ1) is 7.50. The highest BCUT2D eigenvalue weighted by molar-refractivity contribution is 6.23. The summed E-state index contributed by atoms with van der Waals surface area (Å²) in [6.45, 7) is 0. The molecule has 0 unspecified atom stereocenters. The highest BCUT2D eigenvalue weighted by Crippen LogP contribution is 2.16. The first-order valence-corrected chi connectivity index (χ1v) is 3.71. The Morgan fingerprint density at radius 1 is 1.15 bits per heavy atom. The van der Waals surface area contributed by atoms with Gasteiger partial charge in [0.1, 0.15) is 11.7 Å². The average Bonchev–Trinajstić information content (AvgIpc) is 2.42. The Labute approximate surface area is 74.8 Å². The molecule has 4 nitrogen and oxygen atoms in total. The van der Waals surface area contributed by atoms with E-state index in [0.29, 0.717) is 16.7 Å². The van der Waals surface area contributed by atoms with Crippen molar-refractivity contribution in [1.29, 1.82) is 16.1 Å². The van der Waals surface area contributed by atoms with E-state index >= 15 is 0 Å². The zero-order valence-corrected chi connectivity index (χ0v) is 6.68. The van der Waals surface area contributed by atoms with E-state index in [1.807, 2.05) is 6.07 Å². The first-order valence-electron chi connectivity index (χ1n) is 3.71. The summed E-state index contributed by atoms with van der Waals surface area (Å²) in [5.41, 5.74) is 1.83. The number of hydrogen-bond donors (Lipinski definition) is 3. The van der Waals surface area contributed by atoms with Gasteiger partial charge in [0.2, 0.25) is 0 Å². The molecule has 0 amide bonds. The van der Waals surface area contributed by atoms with Gasteiger partial charge in [-0.05, 0) is 18.2 Å². The number of hydrogen-bond acceptors (Lipinski definition) is 3. The van der Waals surface area contributed by atoms with Gasteiger partial charge in [-0.1, -0.05) is 0 Å². The summed E-state index contributed by atoms with van der Waals surface area (Å²) < 4.78 is 0. The van der Waals surface area contributed by atoms with Crippen LogP contribution in [-0.2, 0) is 0 Å². The van der Waals surface area contributed by atoms with Crippen molar-refractivity contribution >= 4 is 11.7 Å². The molecule has 0 aromatic heterocycles. The van der Waals surface area contributed by atoms with Crippen molar-refractivity contribution < 1.29 is 0 Å². The summed E-state index contributed by atoms with van der Waals surface area (Å²) in [7, 11) is 0. The second-order valence-electron chi connectivity index (χ2n) is 2.75. The molecule has 0 fully saturated rings. The van der Waals surface area contributed by atoms with Crippen molar-refractivity contribution in [3.05, 3.63) is 34.9 Å². The number of rotatable bonds is 0. The quantitative estimate of drug-likeness (QED) is 0.538. The van der Waals surface area contributed by atoms with Crippen LogP contribution >= 0.6 is 0 Å². The van der Waals surface area contributed by atoms with Crippen LogP contribution in [0, 0.1) is 22.1 Å². The third kappa shape index (κ3) is 0.983. The Hall–Kier alpha value is -2.15. The van der Waals surface area contributed by atoms with Crippen LogP contribution in [0.5, 0.6) is 0 Å². The van der Waals surface area contributed by atoms with Gasteiger partial charge >= 0.3 is 0 Å². The van der Waals surface area contributed by atoms with E-state index in [4.69, 9.17) is 16.1 Å². The van der Waals surface area contributed by atoms with Crippen molar-refractivity contribution in [3.8, 4) is 6.07 Å². The van der Waals surface area contributed by atoms with Crippen molar-refractivity contribution in [1.82, 2.24) is 5.32 Å². The Balaban J connectivity index is 2.67. The van der Waals surface area contributed by atoms with Crippen LogP contribution in [-0.4, -0.2) is 11.7 Å². The molecule has 1 aliphatic heterocycles. The lowest BCUT2D eigenvalue weighted by atomic mass is 10.1. The molecule has 2 rings (SSSR count). The molecule has 0 aliphatic carbocycles. The van der Waals surface area contributed by atoms with Crippen molar-refractivity contribution in [2.45, 2.75) is 0 Å². The van der Waals surface area contributed by atoms with E-state index in [9.17, 15) is 0 Å². The number of nitrogens with zero attached hydrogens (tertiary/aromatic N) is 1. The molecule has 1 aromatic rings. The van der Waals surface area contributed by atoms with E-state index in [-0.39, 0.29) is 11.7 Å².